The minimum atomic E-state index is -0.335. The van der Waals surface area contributed by atoms with Crippen LogP contribution in [-0.4, -0.2) is 22.1 Å². The van der Waals surface area contributed by atoms with E-state index in [1.807, 2.05) is 41.8 Å². The van der Waals surface area contributed by atoms with E-state index in [2.05, 4.69) is 11.6 Å². The molecular formula is C17H19N3O2. The molecular weight excluding hydrogens is 278 g/mol. The van der Waals surface area contributed by atoms with E-state index in [4.69, 9.17) is 10.00 Å². The number of rotatable bonds is 4. The topological polar surface area (TPSA) is 67.9 Å². The van der Waals surface area contributed by atoms with Gasteiger partial charge in [-0.05, 0) is 19.4 Å². The number of imidazole rings is 1. The smallest absolute Gasteiger partial charge is 0.356 e. The van der Waals surface area contributed by atoms with Crippen LogP contribution in [0, 0.1) is 11.3 Å². The van der Waals surface area contributed by atoms with Crippen molar-refractivity contribution >= 4 is 5.97 Å². The summed E-state index contributed by atoms with van der Waals surface area (Å²) in [4.78, 5) is 15.8. The minimum Gasteiger partial charge on any atom is -0.461 e. The summed E-state index contributed by atoms with van der Waals surface area (Å²) in [6, 6.07) is 11.7. The molecule has 0 saturated heterocycles. The van der Waals surface area contributed by atoms with Crippen LogP contribution in [0.4, 0.5) is 0 Å². The van der Waals surface area contributed by atoms with Gasteiger partial charge in [0, 0.05) is 6.08 Å². The Morgan fingerprint density at radius 2 is 2.14 bits per heavy atom. The van der Waals surface area contributed by atoms with Crippen LogP contribution < -0.4 is 0 Å². The zero-order chi connectivity index (χ0) is 16.4. The van der Waals surface area contributed by atoms with Crippen LogP contribution in [0.2, 0.25) is 0 Å². The van der Waals surface area contributed by atoms with E-state index in [9.17, 15) is 4.79 Å². The van der Waals surface area contributed by atoms with Crippen molar-refractivity contribution in [2.75, 3.05) is 6.61 Å². The van der Waals surface area contributed by atoms with Crippen molar-refractivity contribution in [3.05, 3.63) is 66.8 Å². The number of hydrogen-bond acceptors (Lipinski definition) is 4. The Kier molecular flexibility index (Phi) is 7.14. The van der Waals surface area contributed by atoms with Gasteiger partial charge in [-0.25, -0.2) is 9.78 Å². The lowest BCUT2D eigenvalue weighted by Crippen LogP contribution is -2.15. The molecule has 0 aliphatic heterocycles. The number of hydrogen-bond donors (Lipinski definition) is 0. The van der Waals surface area contributed by atoms with Crippen molar-refractivity contribution in [1.82, 2.24) is 9.55 Å². The average molecular weight is 297 g/mol. The first-order valence-electron chi connectivity index (χ1n) is 6.90. The number of nitrogens with zero attached hydrogens (tertiary/aromatic N) is 3. The number of esters is 1. The van der Waals surface area contributed by atoms with Crippen molar-refractivity contribution in [3.63, 3.8) is 0 Å². The van der Waals surface area contributed by atoms with E-state index in [0.29, 0.717) is 12.3 Å². The van der Waals surface area contributed by atoms with Gasteiger partial charge in [0.2, 0.25) is 0 Å². The van der Waals surface area contributed by atoms with Gasteiger partial charge in [-0.2, -0.15) is 5.26 Å². The standard InChI is InChI=1S/C14H16N2O2.C3H3N/c1-3-18-14(17)13-9-15-10-16(13)11(2)12-7-5-4-6-8-12;1-2-3-4/h4-11H,3H2,1-2H3;2H,1H2. The van der Waals surface area contributed by atoms with Crippen molar-refractivity contribution in [2.24, 2.45) is 0 Å². The second-order valence-electron chi connectivity index (χ2n) is 4.33. The molecule has 1 atom stereocenters. The number of nitriles is 1. The number of carbonyl (C=O) groups excluding carboxylic acids is 1. The van der Waals surface area contributed by atoms with Crippen molar-refractivity contribution in [2.45, 2.75) is 19.9 Å². The lowest BCUT2D eigenvalue weighted by Gasteiger charge is -2.16. The molecule has 0 bridgehead atoms. The van der Waals surface area contributed by atoms with Gasteiger partial charge in [-0.1, -0.05) is 36.9 Å². The third kappa shape index (κ3) is 4.60. The molecule has 0 aliphatic rings. The van der Waals surface area contributed by atoms with Crippen molar-refractivity contribution in [3.8, 4) is 6.07 Å². The fourth-order valence-electron chi connectivity index (χ4n) is 1.87. The first-order valence-corrected chi connectivity index (χ1v) is 6.90. The number of benzene rings is 1. The van der Waals surface area contributed by atoms with Gasteiger partial charge in [0.1, 0.15) is 5.69 Å². The minimum absolute atomic E-state index is 0.0492. The molecule has 0 saturated carbocycles. The summed E-state index contributed by atoms with van der Waals surface area (Å²) in [5.41, 5.74) is 1.61. The van der Waals surface area contributed by atoms with Gasteiger partial charge in [0.15, 0.2) is 0 Å². The summed E-state index contributed by atoms with van der Waals surface area (Å²) in [6.45, 7) is 7.30. The van der Waals surface area contributed by atoms with Crippen molar-refractivity contribution in [1.29, 1.82) is 5.26 Å². The summed E-state index contributed by atoms with van der Waals surface area (Å²) >= 11 is 0. The molecule has 5 heteroatoms. The van der Waals surface area contributed by atoms with Gasteiger partial charge in [0.25, 0.3) is 0 Å². The Morgan fingerprint density at radius 1 is 1.50 bits per heavy atom. The molecule has 1 aromatic carbocycles. The molecule has 0 amide bonds. The van der Waals surface area contributed by atoms with Crippen molar-refractivity contribution < 1.29 is 9.53 Å². The van der Waals surface area contributed by atoms with Crippen LogP contribution in [0.1, 0.15) is 35.9 Å². The lowest BCUT2D eigenvalue weighted by atomic mass is 10.1. The Bertz CT molecular complexity index is 641. The monoisotopic (exact) mass is 297 g/mol. The molecule has 5 nitrogen and oxygen atoms in total. The molecule has 1 heterocycles. The SMILES string of the molecule is C=CC#N.CCOC(=O)c1cncn1C(C)c1ccccc1. The molecule has 1 unspecified atom stereocenters. The maximum Gasteiger partial charge on any atom is 0.356 e. The van der Waals surface area contributed by atoms with Gasteiger partial charge >= 0.3 is 5.97 Å². The first-order chi connectivity index (χ1) is 10.7. The average Bonchev–Trinajstić information content (AvgIpc) is 3.05. The zero-order valence-electron chi connectivity index (χ0n) is 12.8. The maximum atomic E-state index is 11.8. The first kappa shape index (κ1) is 17.2. The Hall–Kier alpha value is -2.87. The maximum absolute atomic E-state index is 11.8. The zero-order valence-corrected chi connectivity index (χ0v) is 12.8. The number of aromatic nitrogens is 2. The Morgan fingerprint density at radius 3 is 2.68 bits per heavy atom. The summed E-state index contributed by atoms with van der Waals surface area (Å²) in [7, 11) is 0. The highest BCUT2D eigenvalue weighted by Gasteiger charge is 2.17. The molecule has 0 fully saturated rings. The van der Waals surface area contributed by atoms with Gasteiger partial charge < -0.3 is 9.30 Å². The molecule has 1 aromatic heterocycles. The van der Waals surface area contributed by atoms with Crippen LogP contribution in [-0.2, 0) is 4.74 Å². The highest BCUT2D eigenvalue weighted by molar-refractivity contribution is 5.87. The summed E-state index contributed by atoms with van der Waals surface area (Å²) < 4.78 is 6.84. The third-order valence-electron chi connectivity index (χ3n) is 2.94. The fraction of sp³-hybridized carbons (Fsp3) is 0.235. The molecule has 2 aromatic rings. The second kappa shape index (κ2) is 9.14. The lowest BCUT2D eigenvalue weighted by molar-refractivity contribution is 0.0512. The van der Waals surface area contributed by atoms with E-state index >= 15 is 0 Å². The Balaban J connectivity index is 0.000000541. The molecule has 0 radical (unpaired) electrons. The molecule has 0 spiro atoms. The summed E-state index contributed by atoms with van der Waals surface area (Å²) in [6.07, 6.45) is 4.38. The fourth-order valence-corrected chi connectivity index (χ4v) is 1.87. The van der Waals surface area contributed by atoms with E-state index in [-0.39, 0.29) is 12.0 Å². The number of allylic oxidation sites excluding steroid dienone is 1. The predicted octanol–water partition coefficient (Wildman–Crippen LogP) is 3.37. The summed E-state index contributed by atoms with van der Waals surface area (Å²) in [5, 5.41) is 7.51. The highest BCUT2D eigenvalue weighted by Crippen LogP contribution is 2.19. The number of ether oxygens (including phenoxy) is 1. The molecule has 2 rings (SSSR count). The number of carbonyl (C=O) groups is 1. The van der Waals surface area contributed by atoms with Crippen LogP contribution in [0.5, 0.6) is 0 Å². The van der Waals surface area contributed by atoms with E-state index in [1.54, 1.807) is 19.3 Å². The normalized spacial score (nSPS) is 10.6. The van der Waals surface area contributed by atoms with E-state index in [1.165, 1.54) is 12.3 Å². The van der Waals surface area contributed by atoms with Crippen LogP contribution in [0.15, 0.2) is 55.5 Å². The molecule has 0 aliphatic carbocycles. The van der Waals surface area contributed by atoms with Gasteiger partial charge in [-0.15, -0.1) is 0 Å². The van der Waals surface area contributed by atoms with Crippen LogP contribution in [0.3, 0.4) is 0 Å². The molecule has 114 valence electrons. The Labute approximate surface area is 130 Å². The second-order valence-corrected chi connectivity index (χ2v) is 4.33. The predicted molar refractivity (Wildman–Crippen MR) is 84.2 cm³/mol. The quantitative estimate of drug-likeness (QED) is 0.641. The van der Waals surface area contributed by atoms with E-state index in [0.717, 1.165) is 5.56 Å². The highest BCUT2D eigenvalue weighted by atomic mass is 16.5. The van der Waals surface area contributed by atoms with Gasteiger partial charge in [-0.3, -0.25) is 0 Å². The van der Waals surface area contributed by atoms with E-state index < -0.39 is 0 Å². The summed E-state index contributed by atoms with van der Waals surface area (Å²) in [5.74, 6) is -0.335. The largest absolute Gasteiger partial charge is 0.461 e. The molecule has 0 N–H and O–H groups in total. The third-order valence-corrected chi connectivity index (χ3v) is 2.94. The van der Waals surface area contributed by atoms with Gasteiger partial charge in [0.05, 0.1) is 31.2 Å². The van der Waals surface area contributed by atoms with Crippen LogP contribution >= 0.6 is 0 Å². The molecule has 22 heavy (non-hydrogen) atoms. The van der Waals surface area contributed by atoms with Crippen LogP contribution in [0.25, 0.3) is 0 Å².